The molecule has 1 aliphatic rings. The maximum Gasteiger partial charge on any atom is 0.245 e. The third kappa shape index (κ3) is 4.00. The minimum absolute atomic E-state index is 0.0544. The van der Waals surface area contributed by atoms with Crippen LogP contribution in [-0.2, 0) is 4.79 Å². The van der Waals surface area contributed by atoms with Crippen molar-refractivity contribution in [2.75, 3.05) is 0 Å². The van der Waals surface area contributed by atoms with Crippen LogP contribution in [0.15, 0.2) is 18.2 Å². The Hall–Kier alpha value is -1.57. The second-order valence-electron chi connectivity index (χ2n) is 5.40. The van der Waals surface area contributed by atoms with Gasteiger partial charge in [0.2, 0.25) is 5.91 Å². The summed E-state index contributed by atoms with van der Waals surface area (Å²) in [4.78, 5) is 24.5. The van der Waals surface area contributed by atoms with Crippen LogP contribution in [0.1, 0.15) is 42.5 Å². The number of carbonyl (C=O) groups is 2. The number of benzene rings is 1. The summed E-state index contributed by atoms with van der Waals surface area (Å²) in [5.74, 6) is -2.46. The van der Waals surface area contributed by atoms with Crippen molar-refractivity contribution in [2.24, 2.45) is 5.92 Å². The average Bonchev–Trinajstić information content (AvgIpc) is 2.51. The smallest absolute Gasteiger partial charge is 0.245 e. The molecule has 0 saturated heterocycles. The Morgan fingerprint density at radius 1 is 1.18 bits per heavy atom. The topological polar surface area (TPSA) is 70.0 Å². The van der Waals surface area contributed by atoms with E-state index in [1.807, 2.05) is 0 Å². The molecule has 1 N–H and O–H groups in total. The van der Waals surface area contributed by atoms with Crippen molar-refractivity contribution in [2.45, 2.75) is 38.1 Å². The van der Waals surface area contributed by atoms with Gasteiger partial charge >= 0.3 is 0 Å². The van der Waals surface area contributed by atoms with E-state index in [0.717, 1.165) is 32.1 Å². The van der Waals surface area contributed by atoms with E-state index in [4.69, 9.17) is 23.2 Å². The molecule has 1 aromatic rings. The number of hydrogen-bond acceptors (Lipinski definition) is 3. The third-order valence-corrected chi connectivity index (χ3v) is 4.55. The molecule has 1 unspecified atom stereocenters. The van der Waals surface area contributed by atoms with E-state index < -0.39 is 17.6 Å². The fraction of sp³-hybridized carbons (Fsp3) is 0.438. The van der Waals surface area contributed by atoms with Gasteiger partial charge in [0.25, 0.3) is 0 Å². The van der Waals surface area contributed by atoms with Gasteiger partial charge in [-0.05, 0) is 31.0 Å². The molecule has 1 aliphatic carbocycles. The number of nitriles is 1. The highest BCUT2D eigenvalue weighted by Crippen LogP contribution is 2.24. The zero-order chi connectivity index (χ0) is 16.1. The average molecular weight is 339 g/mol. The number of Topliss-reactive ketones (excluding diaryl/α,β-unsaturated/α-hetero) is 1. The first-order valence-electron chi connectivity index (χ1n) is 7.22. The quantitative estimate of drug-likeness (QED) is 0.671. The first-order valence-corrected chi connectivity index (χ1v) is 7.97. The van der Waals surface area contributed by atoms with E-state index in [-0.39, 0.29) is 16.6 Å². The van der Waals surface area contributed by atoms with Gasteiger partial charge in [0, 0.05) is 11.6 Å². The predicted molar refractivity (Wildman–Crippen MR) is 84.9 cm³/mol. The third-order valence-electron chi connectivity index (χ3n) is 3.81. The molecule has 4 nitrogen and oxygen atoms in total. The summed E-state index contributed by atoms with van der Waals surface area (Å²) >= 11 is 11.7. The fourth-order valence-corrected chi connectivity index (χ4v) is 2.88. The lowest BCUT2D eigenvalue weighted by atomic mass is 9.93. The predicted octanol–water partition coefficient (Wildman–Crippen LogP) is 3.76. The zero-order valence-corrected chi connectivity index (χ0v) is 13.5. The van der Waals surface area contributed by atoms with Crippen molar-refractivity contribution >= 4 is 34.9 Å². The van der Waals surface area contributed by atoms with Gasteiger partial charge in [-0.1, -0.05) is 42.5 Å². The van der Waals surface area contributed by atoms with Gasteiger partial charge < -0.3 is 5.32 Å². The molecule has 22 heavy (non-hydrogen) atoms. The van der Waals surface area contributed by atoms with Gasteiger partial charge in [0.05, 0.1) is 16.1 Å². The molecule has 0 radical (unpaired) electrons. The molecule has 0 bridgehead atoms. The Kier molecular flexibility index (Phi) is 5.82. The molecule has 2 rings (SSSR count). The Bertz CT molecular complexity index is 619. The van der Waals surface area contributed by atoms with E-state index in [1.54, 1.807) is 6.07 Å². The fourth-order valence-electron chi connectivity index (χ4n) is 2.58. The SMILES string of the molecule is N#CC(C(=O)NC1CCCCC1)C(=O)c1ccc(Cl)c(Cl)c1. The maximum atomic E-state index is 12.3. The van der Waals surface area contributed by atoms with Crippen LogP contribution in [-0.4, -0.2) is 17.7 Å². The molecule has 1 fully saturated rings. The maximum absolute atomic E-state index is 12.3. The molecule has 1 amide bonds. The van der Waals surface area contributed by atoms with Gasteiger partial charge in [-0.3, -0.25) is 9.59 Å². The second-order valence-corrected chi connectivity index (χ2v) is 6.21. The summed E-state index contributed by atoms with van der Waals surface area (Å²) in [5, 5.41) is 12.5. The number of amides is 1. The molecule has 0 aromatic heterocycles. The lowest BCUT2D eigenvalue weighted by Crippen LogP contribution is -2.42. The first kappa shape index (κ1) is 16.8. The molecule has 0 heterocycles. The first-order chi connectivity index (χ1) is 10.5. The van der Waals surface area contributed by atoms with Crippen molar-refractivity contribution in [3.05, 3.63) is 33.8 Å². The van der Waals surface area contributed by atoms with Crippen LogP contribution in [0.5, 0.6) is 0 Å². The van der Waals surface area contributed by atoms with Gasteiger partial charge in [-0.15, -0.1) is 0 Å². The van der Waals surface area contributed by atoms with Crippen LogP contribution in [0.4, 0.5) is 0 Å². The summed E-state index contributed by atoms with van der Waals surface area (Å²) in [6.45, 7) is 0. The minimum atomic E-state index is -1.36. The Morgan fingerprint density at radius 3 is 2.45 bits per heavy atom. The minimum Gasteiger partial charge on any atom is -0.352 e. The monoisotopic (exact) mass is 338 g/mol. The zero-order valence-electron chi connectivity index (χ0n) is 11.9. The summed E-state index contributed by atoms with van der Waals surface area (Å²) in [6, 6.07) is 6.16. The highest BCUT2D eigenvalue weighted by molar-refractivity contribution is 6.42. The van der Waals surface area contributed by atoms with E-state index >= 15 is 0 Å². The van der Waals surface area contributed by atoms with Crippen LogP contribution in [0, 0.1) is 17.2 Å². The lowest BCUT2D eigenvalue weighted by Gasteiger charge is -2.23. The van der Waals surface area contributed by atoms with E-state index in [9.17, 15) is 14.9 Å². The van der Waals surface area contributed by atoms with Crippen molar-refractivity contribution in [3.63, 3.8) is 0 Å². The number of rotatable bonds is 4. The number of nitrogens with one attached hydrogen (secondary N) is 1. The molecule has 0 aliphatic heterocycles. The van der Waals surface area contributed by atoms with Crippen molar-refractivity contribution < 1.29 is 9.59 Å². The summed E-state index contributed by atoms with van der Waals surface area (Å²) in [5.41, 5.74) is 0.208. The number of carbonyl (C=O) groups excluding carboxylic acids is 2. The molecule has 0 spiro atoms. The molecule has 116 valence electrons. The van der Waals surface area contributed by atoms with Crippen LogP contribution in [0.2, 0.25) is 10.0 Å². The van der Waals surface area contributed by atoms with Crippen LogP contribution in [0.25, 0.3) is 0 Å². The second kappa shape index (κ2) is 7.62. The molecule has 1 saturated carbocycles. The molecule has 1 atom stereocenters. The lowest BCUT2D eigenvalue weighted by molar-refractivity contribution is -0.123. The summed E-state index contributed by atoms with van der Waals surface area (Å²) in [6.07, 6.45) is 5.07. The summed E-state index contributed by atoms with van der Waals surface area (Å²) in [7, 11) is 0. The van der Waals surface area contributed by atoms with Crippen LogP contribution < -0.4 is 5.32 Å². The molecular formula is C16H16Cl2N2O2. The van der Waals surface area contributed by atoms with E-state index in [0.29, 0.717) is 5.02 Å². The Labute approximate surface area is 139 Å². The highest BCUT2D eigenvalue weighted by atomic mass is 35.5. The van der Waals surface area contributed by atoms with Crippen molar-refractivity contribution in [1.82, 2.24) is 5.32 Å². The molecule has 6 heteroatoms. The molecule has 1 aromatic carbocycles. The van der Waals surface area contributed by atoms with Crippen LogP contribution in [0.3, 0.4) is 0 Å². The standard InChI is InChI=1S/C16H16Cl2N2O2/c17-13-7-6-10(8-14(13)18)15(21)12(9-19)16(22)20-11-4-2-1-3-5-11/h6-8,11-12H,1-5H2,(H,20,22). The van der Waals surface area contributed by atoms with Crippen molar-refractivity contribution in [3.8, 4) is 6.07 Å². The molecular weight excluding hydrogens is 323 g/mol. The van der Waals surface area contributed by atoms with Crippen LogP contribution >= 0.6 is 23.2 Å². The number of ketones is 1. The highest BCUT2D eigenvalue weighted by Gasteiger charge is 2.29. The van der Waals surface area contributed by atoms with Gasteiger partial charge in [0.15, 0.2) is 11.7 Å². The Morgan fingerprint density at radius 2 is 1.86 bits per heavy atom. The largest absolute Gasteiger partial charge is 0.352 e. The van der Waals surface area contributed by atoms with Gasteiger partial charge in [-0.25, -0.2) is 0 Å². The summed E-state index contributed by atoms with van der Waals surface area (Å²) < 4.78 is 0. The number of hydrogen-bond donors (Lipinski definition) is 1. The van der Waals surface area contributed by atoms with E-state index in [1.165, 1.54) is 18.2 Å². The normalized spacial score (nSPS) is 16.6. The van der Waals surface area contributed by atoms with E-state index in [2.05, 4.69) is 5.32 Å². The Balaban J connectivity index is 2.09. The van der Waals surface area contributed by atoms with Gasteiger partial charge in [0.1, 0.15) is 0 Å². The van der Waals surface area contributed by atoms with Crippen molar-refractivity contribution in [1.29, 1.82) is 5.26 Å². The number of halogens is 2. The van der Waals surface area contributed by atoms with Gasteiger partial charge in [-0.2, -0.15) is 5.26 Å². The number of nitrogens with zero attached hydrogens (tertiary/aromatic N) is 1.